The molecule has 0 saturated carbocycles. The molecule has 3 rings (SSSR count). The zero-order valence-corrected chi connectivity index (χ0v) is 7.05. The molecule has 2 nitrogen and oxygen atoms in total. The molecule has 0 spiro atoms. The molecule has 0 radical (unpaired) electrons. The Morgan fingerprint density at radius 1 is 1.45 bits per heavy atom. The number of ketones is 1. The quantitative estimate of drug-likeness (QED) is 0.518. The monoisotopic (exact) mass is 153 g/mol. The van der Waals surface area contributed by atoms with Crippen molar-refractivity contribution in [3.8, 4) is 0 Å². The molecule has 0 aromatic heterocycles. The number of fused-ring (bicyclic) bond motifs is 4. The van der Waals surface area contributed by atoms with E-state index in [1.54, 1.807) is 0 Å². The first-order valence-electron chi connectivity index (χ1n) is 4.54. The molecule has 11 heavy (non-hydrogen) atoms. The normalized spacial score (nSPS) is 44.1. The third-order valence-electron chi connectivity index (χ3n) is 3.11. The van der Waals surface area contributed by atoms with Crippen LogP contribution in [0.5, 0.6) is 0 Å². The predicted octanol–water partition coefficient (Wildman–Crippen LogP) is 1.06. The SMILES string of the molecule is CC1CC2CCN1CCC2=O. The lowest BCUT2D eigenvalue weighted by Crippen LogP contribution is -2.38. The summed E-state index contributed by atoms with van der Waals surface area (Å²) < 4.78 is 0. The third-order valence-corrected chi connectivity index (χ3v) is 3.11. The summed E-state index contributed by atoms with van der Waals surface area (Å²) in [5, 5.41) is 0. The molecule has 2 heteroatoms. The van der Waals surface area contributed by atoms with Crippen LogP contribution in [0.3, 0.4) is 0 Å². The lowest BCUT2D eigenvalue weighted by atomic mass is 9.90. The van der Waals surface area contributed by atoms with Gasteiger partial charge in [-0.15, -0.1) is 0 Å². The Morgan fingerprint density at radius 2 is 2.27 bits per heavy atom. The highest BCUT2D eigenvalue weighted by molar-refractivity contribution is 5.81. The Kier molecular flexibility index (Phi) is 1.72. The van der Waals surface area contributed by atoms with Gasteiger partial charge in [0.15, 0.2) is 0 Å². The Balaban J connectivity index is 2.17. The Labute approximate surface area is 67.6 Å². The lowest BCUT2D eigenvalue weighted by molar-refractivity contribution is -0.122. The van der Waals surface area contributed by atoms with Crippen LogP contribution in [-0.2, 0) is 4.79 Å². The molecular weight excluding hydrogens is 138 g/mol. The number of carbonyl (C=O) groups excluding carboxylic acids is 1. The highest BCUT2D eigenvalue weighted by Gasteiger charge is 2.33. The van der Waals surface area contributed by atoms with E-state index in [0.29, 0.717) is 17.7 Å². The second-order valence-corrected chi connectivity index (χ2v) is 3.82. The maximum Gasteiger partial charge on any atom is 0.137 e. The van der Waals surface area contributed by atoms with E-state index in [9.17, 15) is 4.79 Å². The van der Waals surface area contributed by atoms with E-state index in [1.165, 1.54) is 0 Å². The zero-order chi connectivity index (χ0) is 7.84. The third kappa shape index (κ3) is 1.20. The van der Waals surface area contributed by atoms with E-state index in [-0.39, 0.29) is 0 Å². The molecule has 3 unspecified atom stereocenters. The molecule has 3 saturated heterocycles. The molecule has 3 atom stereocenters. The van der Waals surface area contributed by atoms with Crippen molar-refractivity contribution >= 4 is 5.78 Å². The van der Waals surface area contributed by atoms with Crippen molar-refractivity contribution in [1.29, 1.82) is 0 Å². The molecule has 3 heterocycles. The van der Waals surface area contributed by atoms with E-state index in [0.717, 1.165) is 32.4 Å². The highest BCUT2D eigenvalue weighted by Crippen LogP contribution is 2.28. The van der Waals surface area contributed by atoms with Crippen molar-refractivity contribution in [1.82, 2.24) is 4.90 Å². The van der Waals surface area contributed by atoms with Gasteiger partial charge in [-0.2, -0.15) is 0 Å². The fraction of sp³-hybridized carbons (Fsp3) is 0.889. The van der Waals surface area contributed by atoms with Gasteiger partial charge < -0.3 is 4.90 Å². The molecule has 3 aliphatic heterocycles. The molecule has 2 bridgehead atoms. The number of carbonyl (C=O) groups is 1. The summed E-state index contributed by atoms with van der Waals surface area (Å²) in [6.07, 6.45) is 3.02. The van der Waals surface area contributed by atoms with Crippen LogP contribution in [0.15, 0.2) is 0 Å². The first-order chi connectivity index (χ1) is 5.27. The van der Waals surface area contributed by atoms with Gasteiger partial charge in [-0.25, -0.2) is 0 Å². The Hall–Kier alpha value is -0.370. The van der Waals surface area contributed by atoms with Crippen LogP contribution < -0.4 is 0 Å². The number of rotatable bonds is 0. The maximum atomic E-state index is 11.4. The van der Waals surface area contributed by atoms with Gasteiger partial charge in [-0.1, -0.05) is 0 Å². The topological polar surface area (TPSA) is 20.3 Å². The summed E-state index contributed by atoms with van der Waals surface area (Å²) in [5.41, 5.74) is 0. The van der Waals surface area contributed by atoms with Gasteiger partial charge in [0.1, 0.15) is 5.78 Å². The van der Waals surface area contributed by atoms with E-state index in [1.807, 2.05) is 0 Å². The molecule has 3 fully saturated rings. The average molecular weight is 153 g/mol. The van der Waals surface area contributed by atoms with Gasteiger partial charge >= 0.3 is 0 Å². The highest BCUT2D eigenvalue weighted by atomic mass is 16.1. The van der Waals surface area contributed by atoms with Crippen molar-refractivity contribution in [2.45, 2.75) is 32.2 Å². The van der Waals surface area contributed by atoms with Crippen molar-refractivity contribution in [2.24, 2.45) is 5.92 Å². The molecule has 0 aliphatic carbocycles. The van der Waals surface area contributed by atoms with Crippen LogP contribution >= 0.6 is 0 Å². The van der Waals surface area contributed by atoms with Crippen LogP contribution in [0.1, 0.15) is 26.2 Å². The first kappa shape index (κ1) is 7.29. The second kappa shape index (κ2) is 2.59. The van der Waals surface area contributed by atoms with Gasteiger partial charge in [-0.3, -0.25) is 4.79 Å². The van der Waals surface area contributed by atoms with Gasteiger partial charge in [0.25, 0.3) is 0 Å². The predicted molar refractivity (Wildman–Crippen MR) is 43.4 cm³/mol. The van der Waals surface area contributed by atoms with Crippen molar-refractivity contribution in [3.63, 3.8) is 0 Å². The number of hydrogen-bond acceptors (Lipinski definition) is 2. The van der Waals surface area contributed by atoms with Crippen molar-refractivity contribution in [2.75, 3.05) is 13.1 Å². The van der Waals surface area contributed by atoms with Crippen LogP contribution in [0.4, 0.5) is 0 Å². The lowest BCUT2D eigenvalue weighted by Gasteiger charge is -2.32. The standard InChI is InChI=1S/C9H15NO/c1-7-6-8-2-4-10(7)5-3-9(8)11/h7-8H,2-6H2,1H3. The summed E-state index contributed by atoms with van der Waals surface area (Å²) in [6, 6.07) is 0.653. The van der Waals surface area contributed by atoms with Crippen LogP contribution in [0.2, 0.25) is 0 Å². The minimum absolute atomic E-state index is 0.406. The van der Waals surface area contributed by atoms with Gasteiger partial charge in [0, 0.05) is 24.9 Å². The summed E-state index contributed by atoms with van der Waals surface area (Å²) >= 11 is 0. The number of piperidine rings is 1. The van der Waals surface area contributed by atoms with E-state index in [2.05, 4.69) is 11.8 Å². The molecule has 3 aliphatic rings. The molecule has 62 valence electrons. The van der Waals surface area contributed by atoms with Crippen molar-refractivity contribution < 1.29 is 4.79 Å². The minimum atomic E-state index is 0.406. The molecule has 0 aromatic carbocycles. The van der Waals surface area contributed by atoms with Crippen LogP contribution in [0, 0.1) is 5.92 Å². The van der Waals surface area contributed by atoms with Gasteiger partial charge in [0.2, 0.25) is 0 Å². The second-order valence-electron chi connectivity index (χ2n) is 3.82. The summed E-state index contributed by atoms with van der Waals surface area (Å²) in [4.78, 5) is 13.8. The smallest absolute Gasteiger partial charge is 0.137 e. The summed E-state index contributed by atoms with van der Waals surface area (Å²) in [6.45, 7) is 4.40. The van der Waals surface area contributed by atoms with Crippen molar-refractivity contribution in [3.05, 3.63) is 0 Å². The zero-order valence-electron chi connectivity index (χ0n) is 7.05. The van der Waals surface area contributed by atoms with E-state index in [4.69, 9.17) is 0 Å². The summed E-state index contributed by atoms with van der Waals surface area (Å²) in [7, 11) is 0. The molecular formula is C9H15NO. The molecule has 0 amide bonds. The van der Waals surface area contributed by atoms with Gasteiger partial charge in [-0.05, 0) is 26.3 Å². The largest absolute Gasteiger partial charge is 0.300 e. The Bertz CT molecular complexity index is 178. The van der Waals surface area contributed by atoms with Crippen LogP contribution in [-0.4, -0.2) is 29.8 Å². The molecule has 0 N–H and O–H groups in total. The van der Waals surface area contributed by atoms with E-state index < -0.39 is 0 Å². The first-order valence-corrected chi connectivity index (χ1v) is 4.54. The van der Waals surface area contributed by atoms with Crippen LogP contribution in [0.25, 0.3) is 0 Å². The summed E-state index contributed by atoms with van der Waals surface area (Å²) in [5.74, 6) is 0.917. The fourth-order valence-corrected chi connectivity index (χ4v) is 2.30. The molecule has 0 aromatic rings. The maximum absolute atomic E-state index is 11.4. The number of nitrogens with zero attached hydrogens (tertiary/aromatic N) is 1. The Morgan fingerprint density at radius 3 is 3.00 bits per heavy atom. The number of hydrogen-bond donors (Lipinski definition) is 0. The fourth-order valence-electron chi connectivity index (χ4n) is 2.30. The average Bonchev–Trinajstić information content (AvgIpc) is 2.22. The van der Waals surface area contributed by atoms with Gasteiger partial charge in [0.05, 0.1) is 0 Å². The number of Topliss-reactive ketones (excluding diaryl/α,β-unsaturated/α-hetero) is 1. The minimum Gasteiger partial charge on any atom is -0.300 e. The van der Waals surface area contributed by atoms with E-state index >= 15 is 0 Å².